The molecule has 0 saturated carbocycles. The lowest BCUT2D eigenvalue weighted by Gasteiger charge is -2.28. The fraction of sp³-hybridized carbons (Fsp3) is 0.462. The van der Waals surface area contributed by atoms with Crippen LogP contribution in [0.5, 0.6) is 0 Å². The van der Waals surface area contributed by atoms with Gasteiger partial charge in [0.2, 0.25) is 0 Å². The van der Waals surface area contributed by atoms with E-state index < -0.39 is 16.9 Å². The summed E-state index contributed by atoms with van der Waals surface area (Å²) >= 11 is 6.53. The smallest absolute Gasteiger partial charge is 0.331 e. The topological polar surface area (TPSA) is 38.8 Å². The molecular weight excluding hydrogens is 254 g/mol. The van der Waals surface area contributed by atoms with Gasteiger partial charge >= 0.3 is 5.97 Å². The number of hydroxylamine groups is 2. The summed E-state index contributed by atoms with van der Waals surface area (Å²) in [5.74, 6) is -0.477. The number of alkyl halides is 1. The van der Waals surface area contributed by atoms with Gasteiger partial charge in [-0.25, -0.2) is 4.79 Å². The molecule has 0 aromatic heterocycles. The average molecular weight is 270 g/mol. The van der Waals surface area contributed by atoms with Crippen molar-refractivity contribution in [1.82, 2.24) is 5.06 Å². The second-order valence-electron chi connectivity index (χ2n) is 4.37. The highest BCUT2D eigenvalue weighted by molar-refractivity contribution is 6.35. The third-order valence-corrected chi connectivity index (χ3v) is 3.96. The average Bonchev–Trinajstić information content (AvgIpc) is 2.61. The normalized spacial score (nSPS) is 32.4. The number of halogens is 1. The van der Waals surface area contributed by atoms with Crippen LogP contribution in [0.15, 0.2) is 30.3 Å². The summed E-state index contributed by atoms with van der Waals surface area (Å²) < 4.78 is 4.83. The molecule has 0 spiro atoms. The molecule has 1 aliphatic heterocycles. The van der Waals surface area contributed by atoms with E-state index in [1.807, 2.05) is 30.3 Å². The van der Waals surface area contributed by atoms with Crippen LogP contribution in [-0.4, -0.2) is 36.2 Å². The standard InChI is InChI=1S/C13H16ClNO3/c1-9-13(14,12(16)17-3)11(15(2)18-9)10-7-5-4-6-8-10/h4-9,11H,1-3H3/t9-,11?,13+/m1/s1. The van der Waals surface area contributed by atoms with Gasteiger partial charge in [-0.3, -0.25) is 4.84 Å². The Morgan fingerprint density at radius 3 is 2.61 bits per heavy atom. The number of ether oxygens (including phenoxy) is 1. The Hall–Kier alpha value is -1.10. The molecule has 1 aromatic rings. The van der Waals surface area contributed by atoms with Crippen LogP contribution in [0.25, 0.3) is 0 Å². The van der Waals surface area contributed by atoms with E-state index in [4.69, 9.17) is 21.2 Å². The number of hydrogen-bond acceptors (Lipinski definition) is 4. The molecule has 1 aromatic carbocycles. The van der Waals surface area contributed by atoms with Gasteiger partial charge in [-0.05, 0) is 12.5 Å². The van der Waals surface area contributed by atoms with Crippen LogP contribution in [0.3, 0.4) is 0 Å². The Labute approximate surface area is 111 Å². The molecule has 5 heteroatoms. The lowest BCUT2D eigenvalue weighted by molar-refractivity contribution is -0.147. The van der Waals surface area contributed by atoms with E-state index in [1.54, 1.807) is 19.0 Å². The summed E-state index contributed by atoms with van der Waals surface area (Å²) in [5, 5.41) is 1.62. The number of benzene rings is 1. The largest absolute Gasteiger partial charge is 0.468 e. The van der Waals surface area contributed by atoms with Crippen LogP contribution in [-0.2, 0) is 14.4 Å². The van der Waals surface area contributed by atoms with E-state index in [0.717, 1.165) is 5.56 Å². The number of esters is 1. The number of methoxy groups -OCH3 is 1. The van der Waals surface area contributed by atoms with Gasteiger partial charge in [0.1, 0.15) is 6.10 Å². The number of carbonyl (C=O) groups is 1. The third-order valence-electron chi connectivity index (χ3n) is 3.29. The summed E-state index contributed by atoms with van der Waals surface area (Å²) in [7, 11) is 3.10. The van der Waals surface area contributed by atoms with E-state index >= 15 is 0 Å². The van der Waals surface area contributed by atoms with Crippen molar-refractivity contribution < 1.29 is 14.4 Å². The van der Waals surface area contributed by atoms with Crippen LogP contribution in [0.1, 0.15) is 18.5 Å². The van der Waals surface area contributed by atoms with Crippen molar-refractivity contribution >= 4 is 17.6 Å². The molecular formula is C13H16ClNO3. The first kappa shape index (κ1) is 13.3. The van der Waals surface area contributed by atoms with Crippen LogP contribution >= 0.6 is 11.6 Å². The number of carbonyl (C=O) groups excluding carboxylic acids is 1. The Bertz CT molecular complexity index is 439. The quantitative estimate of drug-likeness (QED) is 0.609. The monoisotopic (exact) mass is 269 g/mol. The minimum Gasteiger partial charge on any atom is -0.468 e. The first-order valence-corrected chi connectivity index (χ1v) is 6.11. The van der Waals surface area contributed by atoms with Crippen LogP contribution in [0.2, 0.25) is 0 Å². The van der Waals surface area contributed by atoms with E-state index in [2.05, 4.69) is 0 Å². The molecule has 0 radical (unpaired) electrons. The summed E-state index contributed by atoms with van der Waals surface area (Å²) in [6.07, 6.45) is -0.457. The number of rotatable bonds is 2. The maximum atomic E-state index is 12.0. The molecule has 1 unspecified atom stereocenters. The van der Waals surface area contributed by atoms with Crippen molar-refractivity contribution in [1.29, 1.82) is 0 Å². The number of hydrogen-bond donors (Lipinski definition) is 0. The minimum atomic E-state index is -1.23. The number of nitrogens with zero attached hydrogens (tertiary/aromatic N) is 1. The van der Waals surface area contributed by atoms with Crippen molar-refractivity contribution in [3.05, 3.63) is 35.9 Å². The molecule has 0 amide bonds. The van der Waals surface area contributed by atoms with E-state index in [1.165, 1.54) is 7.11 Å². The molecule has 1 fully saturated rings. The van der Waals surface area contributed by atoms with Crippen molar-refractivity contribution in [3.63, 3.8) is 0 Å². The molecule has 18 heavy (non-hydrogen) atoms. The Morgan fingerprint density at radius 2 is 2.06 bits per heavy atom. The summed E-state index contributed by atoms with van der Waals surface area (Å²) in [6, 6.07) is 9.19. The third kappa shape index (κ3) is 1.90. The van der Waals surface area contributed by atoms with Gasteiger partial charge in [-0.2, -0.15) is 5.06 Å². The molecule has 98 valence electrons. The fourth-order valence-corrected chi connectivity index (χ4v) is 2.78. The Balaban J connectivity index is 2.46. The van der Waals surface area contributed by atoms with E-state index in [-0.39, 0.29) is 6.04 Å². The SMILES string of the molecule is COC(=O)[C@@]1(Cl)C(c2ccccc2)N(C)O[C@@H]1C. The molecule has 3 atom stereocenters. The fourth-order valence-electron chi connectivity index (χ4n) is 2.40. The zero-order valence-corrected chi connectivity index (χ0v) is 11.3. The van der Waals surface area contributed by atoms with Crippen molar-refractivity contribution in [3.8, 4) is 0 Å². The molecule has 2 rings (SSSR count). The highest BCUT2D eigenvalue weighted by Crippen LogP contribution is 2.46. The maximum Gasteiger partial charge on any atom is 0.331 e. The van der Waals surface area contributed by atoms with Gasteiger partial charge in [0.15, 0.2) is 4.87 Å². The molecule has 0 bridgehead atoms. The predicted molar refractivity (Wildman–Crippen MR) is 68.1 cm³/mol. The second kappa shape index (κ2) is 4.88. The van der Waals surface area contributed by atoms with Crippen LogP contribution < -0.4 is 0 Å². The lowest BCUT2D eigenvalue weighted by Crippen LogP contribution is -2.45. The first-order valence-electron chi connectivity index (χ1n) is 5.73. The molecule has 0 aliphatic carbocycles. The highest BCUT2D eigenvalue weighted by atomic mass is 35.5. The first-order chi connectivity index (χ1) is 8.51. The van der Waals surface area contributed by atoms with Crippen LogP contribution in [0.4, 0.5) is 0 Å². The molecule has 1 aliphatic rings. The van der Waals surface area contributed by atoms with Gasteiger partial charge in [0, 0.05) is 7.05 Å². The highest BCUT2D eigenvalue weighted by Gasteiger charge is 2.58. The second-order valence-corrected chi connectivity index (χ2v) is 4.99. The summed E-state index contributed by atoms with van der Waals surface area (Å²) in [6.45, 7) is 1.77. The van der Waals surface area contributed by atoms with E-state index in [0.29, 0.717) is 0 Å². The lowest BCUT2D eigenvalue weighted by atomic mass is 9.89. The van der Waals surface area contributed by atoms with E-state index in [9.17, 15) is 4.79 Å². The van der Waals surface area contributed by atoms with Crippen molar-refractivity contribution in [2.45, 2.75) is 23.9 Å². The van der Waals surface area contributed by atoms with Crippen molar-refractivity contribution in [2.75, 3.05) is 14.2 Å². The van der Waals surface area contributed by atoms with Crippen molar-refractivity contribution in [2.24, 2.45) is 0 Å². The predicted octanol–water partition coefficient (Wildman–Crippen LogP) is 2.14. The zero-order valence-electron chi connectivity index (χ0n) is 10.6. The van der Waals surface area contributed by atoms with Gasteiger partial charge in [-0.15, -0.1) is 11.6 Å². The van der Waals surface area contributed by atoms with Gasteiger partial charge in [0.25, 0.3) is 0 Å². The Morgan fingerprint density at radius 1 is 1.44 bits per heavy atom. The van der Waals surface area contributed by atoms with Gasteiger partial charge < -0.3 is 4.74 Å². The molecule has 4 nitrogen and oxygen atoms in total. The van der Waals surface area contributed by atoms with Gasteiger partial charge in [0.05, 0.1) is 13.2 Å². The Kier molecular flexibility index (Phi) is 3.61. The maximum absolute atomic E-state index is 12.0. The molecule has 0 N–H and O–H groups in total. The molecule has 1 saturated heterocycles. The molecule has 1 heterocycles. The zero-order chi connectivity index (χ0) is 13.3. The summed E-state index contributed by atoms with van der Waals surface area (Å²) in [5.41, 5.74) is 0.921. The summed E-state index contributed by atoms with van der Waals surface area (Å²) in [4.78, 5) is 16.4. The van der Waals surface area contributed by atoms with Crippen LogP contribution in [0, 0.1) is 0 Å². The van der Waals surface area contributed by atoms with Gasteiger partial charge in [-0.1, -0.05) is 30.3 Å². The minimum absolute atomic E-state index is 0.372.